The van der Waals surface area contributed by atoms with Gasteiger partial charge in [0.1, 0.15) is 23.4 Å². The Hall–Kier alpha value is -3.41. The van der Waals surface area contributed by atoms with Gasteiger partial charge in [-0.25, -0.2) is 4.98 Å². The molecular weight excluding hydrogens is 378 g/mol. The van der Waals surface area contributed by atoms with E-state index >= 15 is 0 Å². The van der Waals surface area contributed by atoms with Crippen molar-refractivity contribution in [3.63, 3.8) is 0 Å². The average molecular weight is 401 g/mol. The molecule has 1 atom stereocenters. The average Bonchev–Trinajstić information content (AvgIpc) is 3.19. The number of ether oxygens (including phenoxy) is 2. The summed E-state index contributed by atoms with van der Waals surface area (Å²) in [5, 5.41) is 0. The molecule has 6 heteroatoms. The van der Waals surface area contributed by atoms with Crippen molar-refractivity contribution >= 4 is 5.91 Å². The minimum atomic E-state index is -0.367. The zero-order valence-electron chi connectivity index (χ0n) is 17.0. The molecule has 3 aromatic rings. The van der Waals surface area contributed by atoms with E-state index in [0.717, 1.165) is 34.7 Å². The Morgan fingerprint density at radius 3 is 2.37 bits per heavy atom. The van der Waals surface area contributed by atoms with Crippen LogP contribution in [0, 0.1) is 13.8 Å². The number of hydrogen-bond acceptors (Lipinski definition) is 5. The highest BCUT2D eigenvalue weighted by molar-refractivity contribution is 5.90. The fourth-order valence-corrected chi connectivity index (χ4v) is 4.30. The van der Waals surface area contributed by atoms with Crippen molar-refractivity contribution in [2.75, 3.05) is 13.1 Å². The molecule has 6 nitrogen and oxygen atoms in total. The lowest BCUT2D eigenvalue weighted by molar-refractivity contribution is -0.131. The molecule has 0 radical (unpaired) electrons. The lowest BCUT2D eigenvalue weighted by Gasteiger charge is -2.30. The third-order valence-electron chi connectivity index (χ3n) is 5.61. The lowest BCUT2D eigenvalue weighted by atomic mass is 9.87. The van der Waals surface area contributed by atoms with E-state index in [4.69, 9.17) is 9.47 Å². The van der Waals surface area contributed by atoms with E-state index < -0.39 is 0 Å². The molecule has 1 saturated heterocycles. The van der Waals surface area contributed by atoms with Crippen LogP contribution in [0.1, 0.15) is 35.0 Å². The van der Waals surface area contributed by atoms with Crippen LogP contribution >= 0.6 is 0 Å². The Balaban J connectivity index is 1.38. The zero-order chi connectivity index (χ0) is 20.7. The highest BCUT2D eigenvalue weighted by Gasteiger charge is 2.38. The number of nitrogens with zero attached hydrogens (tertiary/aromatic N) is 3. The van der Waals surface area contributed by atoms with E-state index in [0.29, 0.717) is 24.8 Å². The molecule has 2 aliphatic heterocycles. The minimum Gasteiger partial charge on any atom is -0.472 e. The Labute approximate surface area is 175 Å². The summed E-state index contributed by atoms with van der Waals surface area (Å²) in [5.74, 6) is 2.46. The largest absolute Gasteiger partial charge is 0.472 e. The molecule has 1 fully saturated rings. The number of fused-ring (bicyclic) bond motifs is 2. The van der Waals surface area contributed by atoms with Gasteiger partial charge in [0.05, 0.1) is 12.5 Å². The lowest BCUT2D eigenvalue weighted by Crippen LogP contribution is -2.36. The molecule has 0 aliphatic carbocycles. The first-order valence-corrected chi connectivity index (χ1v) is 10.2. The number of rotatable bonds is 3. The maximum atomic E-state index is 13.6. The Bertz CT molecular complexity index is 1050. The molecule has 1 unspecified atom stereocenters. The van der Waals surface area contributed by atoms with E-state index in [1.807, 2.05) is 73.3 Å². The van der Waals surface area contributed by atoms with E-state index in [-0.39, 0.29) is 17.9 Å². The van der Waals surface area contributed by atoms with E-state index in [1.54, 1.807) is 0 Å². The van der Waals surface area contributed by atoms with E-state index in [1.165, 1.54) is 0 Å². The molecule has 0 spiro atoms. The van der Waals surface area contributed by atoms with Gasteiger partial charge >= 0.3 is 0 Å². The van der Waals surface area contributed by atoms with E-state index in [2.05, 4.69) is 9.97 Å². The molecule has 1 aromatic heterocycles. The molecule has 152 valence electrons. The van der Waals surface area contributed by atoms with Crippen LogP contribution in [0.2, 0.25) is 0 Å². The SMILES string of the molecule is Cc1cc(OC2CCN(C(=O)C3c4ccccc4Oc4ccccc43)C2)nc(C)n1. The molecule has 0 N–H and O–H groups in total. The van der Waals surface area contributed by atoms with Crippen molar-refractivity contribution in [1.82, 2.24) is 14.9 Å². The molecular formula is C24H23N3O3. The number of aryl methyl sites for hydroxylation is 2. The molecule has 0 bridgehead atoms. The molecule has 2 aromatic carbocycles. The summed E-state index contributed by atoms with van der Waals surface area (Å²) in [5.41, 5.74) is 2.69. The van der Waals surface area contributed by atoms with Crippen LogP contribution in [0.3, 0.4) is 0 Å². The number of benzene rings is 2. The second-order valence-corrected chi connectivity index (χ2v) is 7.82. The van der Waals surface area contributed by atoms with Crippen LogP contribution < -0.4 is 9.47 Å². The zero-order valence-corrected chi connectivity index (χ0v) is 17.0. The van der Waals surface area contributed by atoms with Gasteiger partial charge in [-0.15, -0.1) is 0 Å². The summed E-state index contributed by atoms with van der Waals surface area (Å²) in [4.78, 5) is 24.2. The van der Waals surface area contributed by atoms with Crippen molar-refractivity contribution in [2.45, 2.75) is 32.3 Å². The second kappa shape index (κ2) is 7.44. The van der Waals surface area contributed by atoms with Gasteiger partial charge < -0.3 is 14.4 Å². The van der Waals surface area contributed by atoms with E-state index in [9.17, 15) is 4.79 Å². The van der Waals surface area contributed by atoms with Crippen molar-refractivity contribution < 1.29 is 14.3 Å². The Morgan fingerprint density at radius 2 is 1.70 bits per heavy atom. The maximum absolute atomic E-state index is 13.6. The third kappa shape index (κ3) is 3.38. The fraction of sp³-hybridized carbons (Fsp3) is 0.292. The number of likely N-dealkylation sites (tertiary alicyclic amines) is 1. The molecule has 1 amide bonds. The number of amides is 1. The summed E-state index contributed by atoms with van der Waals surface area (Å²) in [6, 6.07) is 17.4. The summed E-state index contributed by atoms with van der Waals surface area (Å²) in [6.07, 6.45) is 0.702. The van der Waals surface area contributed by atoms with Gasteiger partial charge in [0.25, 0.3) is 0 Å². The summed E-state index contributed by atoms with van der Waals surface area (Å²) >= 11 is 0. The van der Waals surface area contributed by atoms with Gasteiger partial charge in [0.15, 0.2) is 0 Å². The maximum Gasteiger partial charge on any atom is 0.234 e. The number of aromatic nitrogens is 2. The highest BCUT2D eigenvalue weighted by Crippen LogP contribution is 2.44. The van der Waals surface area contributed by atoms with Gasteiger partial charge in [-0.2, -0.15) is 4.98 Å². The quantitative estimate of drug-likeness (QED) is 0.663. The summed E-state index contributed by atoms with van der Waals surface area (Å²) < 4.78 is 12.1. The van der Waals surface area contributed by atoms with Crippen molar-refractivity contribution in [3.8, 4) is 17.4 Å². The second-order valence-electron chi connectivity index (χ2n) is 7.82. The van der Waals surface area contributed by atoms with Crippen molar-refractivity contribution in [3.05, 3.63) is 77.2 Å². The topological polar surface area (TPSA) is 64.5 Å². The van der Waals surface area contributed by atoms with Crippen LogP contribution in [-0.4, -0.2) is 40.0 Å². The monoisotopic (exact) mass is 401 g/mol. The molecule has 3 heterocycles. The van der Waals surface area contributed by atoms with Gasteiger partial charge in [0.2, 0.25) is 11.8 Å². The molecule has 0 saturated carbocycles. The standard InChI is InChI=1S/C24H23N3O3/c1-15-13-22(26-16(2)25-15)29-17-11-12-27(14-17)24(28)23-18-7-3-5-9-20(18)30-21-10-6-4-8-19(21)23/h3-10,13,17,23H,11-12,14H2,1-2H3. The first-order valence-electron chi connectivity index (χ1n) is 10.2. The third-order valence-corrected chi connectivity index (χ3v) is 5.61. The Kier molecular flexibility index (Phi) is 4.62. The van der Waals surface area contributed by atoms with Crippen molar-refractivity contribution in [1.29, 1.82) is 0 Å². The van der Waals surface area contributed by atoms with Crippen LogP contribution in [0.4, 0.5) is 0 Å². The highest BCUT2D eigenvalue weighted by atomic mass is 16.5. The van der Waals surface area contributed by atoms with Gasteiger partial charge in [-0.1, -0.05) is 36.4 Å². The fourth-order valence-electron chi connectivity index (χ4n) is 4.30. The number of hydrogen-bond donors (Lipinski definition) is 0. The minimum absolute atomic E-state index is 0.0759. The van der Waals surface area contributed by atoms with Gasteiger partial charge in [-0.05, 0) is 26.0 Å². The summed E-state index contributed by atoms with van der Waals surface area (Å²) in [7, 11) is 0. The smallest absolute Gasteiger partial charge is 0.234 e. The van der Waals surface area contributed by atoms with Crippen LogP contribution in [-0.2, 0) is 4.79 Å². The van der Waals surface area contributed by atoms with Crippen molar-refractivity contribution in [2.24, 2.45) is 0 Å². The number of carbonyl (C=O) groups is 1. The summed E-state index contributed by atoms with van der Waals surface area (Å²) in [6.45, 7) is 4.98. The molecule has 5 rings (SSSR count). The first kappa shape index (κ1) is 18.6. The normalized spacial score (nSPS) is 17.8. The molecule has 2 aliphatic rings. The van der Waals surface area contributed by atoms with Gasteiger partial charge in [0, 0.05) is 35.9 Å². The van der Waals surface area contributed by atoms with Gasteiger partial charge in [-0.3, -0.25) is 4.79 Å². The Morgan fingerprint density at radius 1 is 1.03 bits per heavy atom. The van der Waals surface area contributed by atoms with Crippen LogP contribution in [0.5, 0.6) is 17.4 Å². The molecule has 30 heavy (non-hydrogen) atoms. The first-order chi connectivity index (χ1) is 14.6. The number of carbonyl (C=O) groups excluding carboxylic acids is 1. The van der Waals surface area contributed by atoms with Crippen LogP contribution in [0.15, 0.2) is 54.6 Å². The predicted molar refractivity (Wildman–Crippen MR) is 112 cm³/mol. The van der Waals surface area contributed by atoms with Crippen LogP contribution in [0.25, 0.3) is 0 Å². The number of para-hydroxylation sites is 2. The predicted octanol–water partition coefficient (Wildman–Crippen LogP) is 4.01.